The number of nitrogens with one attached hydrogen (secondary N) is 1. The highest BCUT2D eigenvalue weighted by Gasteiger charge is 2.10. The van der Waals surface area contributed by atoms with Crippen LogP contribution in [-0.2, 0) is 6.54 Å². The Labute approximate surface area is 152 Å². The van der Waals surface area contributed by atoms with E-state index in [2.05, 4.69) is 10.4 Å². The average molecular weight is 348 g/mol. The lowest BCUT2D eigenvalue weighted by Crippen LogP contribution is -2.22. The highest BCUT2D eigenvalue weighted by molar-refractivity contribution is 6.05. The van der Waals surface area contributed by atoms with Gasteiger partial charge in [0.2, 0.25) is 0 Å². The zero-order chi connectivity index (χ0) is 18.5. The SMILES string of the molecule is CN(C)C(=O)c1cccc(NC(=O)c2ccc(Cn3cccn3)cc2)c1. The van der Waals surface area contributed by atoms with Crippen LogP contribution in [0.2, 0.25) is 0 Å². The molecule has 3 aromatic rings. The molecule has 2 amide bonds. The summed E-state index contributed by atoms with van der Waals surface area (Å²) in [4.78, 5) is 26.0. The molecule has 0 saturated carbocycles. The van der Waals surface area contributed by atoms with E-state index in [1.54, 1.807) is 56.7 Å². The molecule has 0 unspecified atom stereocenters. The fourth-order valence-electron chi connectivity index (χ4n) is 2.53. The summed E-state index contributed by atoms with van der Waals surface area (Å²) in [6.07, 6.45) is 3.62. The normalized spacial score (nSPS) is 10.4. The van der Waals surface area contributed by atoms with Crippen LogP contribution in [0.1, 0.15) is 26.3 Å². The Balaban J connectivity index is 1.68. The van der Waals surface area contributed by atoms with E-state index in [9.17, 15) is 9.59 Å². The third-order valence-corrected chi connectivity index (χ3v) is 3.89. The van der Waals surface area contributed by atoms with Crippen LogP contribution >= 0.6 is 0 Å². The lowest BCUT2D eigenvalue weighted by atomic mass is 10.1. The third-order valence-electron chi connectivity index (χ3n) is 3.89. The summed E-state index contributed by atoms with van der Waals surface area (Å²) in [6.45, 7) is 0.656. The molecule has 1 heterocycles. The van der Waals surface area contributed by atoms with Crippen LogP contribution in [-0.4, -0.2) is 40.6 Å². The van der Waals surface area contributed by atoms with Gasteiger partial charge in [0.1, 0.15) is 0 Å². The molecule has 132 valence electrons. The van der Waals surface area contributed by atoms with Crippen LogP contribution in [0.3, 0.4) is 0 Å². The van der Waals surface area contributed by atoms with Gasteiger partial charge in [-0.1, -0.05) is 18.2 Å². The maximum atomic E-state index is 12.4. The second-order valence-corrected chi connectivity index (χ2v) is 6.14. The van der Waals surface area contributed by atoms with Crippen LogP contribution in [0.25, 0.3) is 0 Å². The van der Waals surface area contributed by atoms with E-state index in [1.807, 2.05) is 29.1 Å². The van der Waals surface area contributed by atoms with Crippen LogP contribution in [0.4, 0.5) is 5.69 Å². The average Bonchev–Trinajstić information content (AvgIpc) is 3.15. The summed E-state index contributed by atoms with van der Waals surface area (Å²) in [6, 6.07) is 16.2. The number of carbonyl (C=O) groups is 2. The number of nitrogens with zero attached hydrogens (tertiary/aromatic N) is 3. The van der Waals surface area contributed by atoms with E-state index in [1.165, 1.54) is 4.90 Å². The van der Waals surface area contributed by atoms with Crippen LogP contribution < -0.4 is 5.32 Å². The van der Waals surface area contributed by atoms with E-state index < -0.39 is 0 Å². The Bertz CT molecular complexity index is 900. The van der Waals surface area contributed by atoms with Gasteiger partial charge in [-0.2, -0.15) is 5.10 Å². The molecule has 26 heavy (non-hydrogen) atoms. The number of rotatable bonds is 5. The molecular weight excluding hydrogens is 328 g/mol. The van der Waals surface area contributed by atoms with Gasteiger partial charge in [-0.15, -0.1) is 0 Å². The van der Waals surface area contributed by atoms with Crippen molar-refractivity contribution in [2.45, 2.75) is 6.54 Å². The minimum atomic E-state index is -0.218. The second kappa shape index (κ2) is 7.65. The van der Waals surface area contributed by atoms with E-state index in [4.69, 9.17) is 0 Å². The zero-order valence-electron chi connectivity index (χ0n) is 14.7. The molecule has 0 aliphatic rings. The summed E-state index contributed by atoms with van der Waals surface area (Å²) in [7, 11) is 3.39. The quantitative estimate of drug-likeness (QED) is 0.771. The highest BCUT2D eigenvalue weighted by Crippen LogP contribution is 2.14. The Hall–Kier alpha value is -3.41. The Morgan fingerprint density at radius 3 is 2.46 bits per heavy atom. The van der Waals surface area contributed by atoms with Crippen molar-refractivity contribution in [3.05, 3.63) is 83.7 Å². The number of aromatic nitrogens is 2. The van der Waals surface area contributed by atoms with Crippen molar-refractivity contribution < 1.29 is 9.59 Å². The molecule has 6 nitrogen and oxygen atoms in total. The highest BCUT2D eigenvalue weighted by atomic mass is 16.2. The molecule has 0 spiro atoms. The van der Waals surface area contributed by atoms with Crippen LogP contribution in [0.5, 0.6) is 0 Å². The van der Waals surface area contributed by atoms with Crippen LogP contribution in [0.15, 0.2) is 67.0 Å². The second-order valence-electron chi connectivity index (χ2n) is 6.14. The molecule has 2 aromatic carbocycles. The topological polar surface area (TPSA) is 67.2 Å². The molecule has 3 rings (SSSR count). The zero-order valence-corrected chi connectivity index (χ0v) is 14.7. The van der Waals surface area contributed by atoms with Gasteiger partial charge < -0.3 is 10.2 Å². The molecule has 1 aromatic heterocycles. The summed E-state index contributed by atoms with van der Waals surface area (Å²) < 4.78 is 1.82. The van der Waals surface area contributed by atoms with Gasteiger partial charge in [-0.25, -0.2) is 0 Å². The molecule has 0 aliphatic heterocycles. The summed E-state index contributed by atoms with van der Waals surface area (Å²) >= 11 is 0. The minimum absolute atomic E-state index is 0.107. The summed E-state index contributed by atoms with van der Waals surface area (Å²) in [5.74, 6) is -0.325. The molecule has 0 radical (unpaired) electrons. The Morgan fingerprint density at radius 1 is 1.04 bits per heavy atom. The molecule has 0 atom stereocenters. The number of carbonyl (C=O) groups excluding carboxylic acids is 2. The molecular formula is C20H20N4O2. The molecule has 6 heteroatoms. The van der Waals surface area contributed by atoms with Crippen molar-refractivity contribution in [1.82, 2.24) is 14.7 Å². The van der Waals surface area contributed by atoms with Gasteiger partial charge in [0.05, 0.1) is 6.54 Å². The van der Waals surface area contributed by atoms with Gasteiger partial charge >= 0.3 is 0 Å². The maximum Gasteiger partial charge on any atom is 0.255 e. The molecule has 0 fully saturated rings. The predicted octanol–water partition coefficient (Wildman–Crippen LogP) is 2.89. The summed E-state index contributed by atoms with van der Waals surface area (Å²) in [5, 5.41) is 7.00. The number of hydrogen-bond donors (Lipinski definition) is 1. The van der Waals surface area contributed by atoms with Crippen molar-refractivity contribution in [1.29, 1.82) is 0 Å². The lowest BCUT2D eigenvalue weighted by Gasteiger charge is -2.12. The monoisotopic (exact) mass is 348 g/mol. The minimum Gasteiger partial charge on any atom is -0.345 e. The number of amides is 2. The lowest BCUT2D eigenvalue weighted by molar-refractivity contribution is 0.0827. The van der Waals surface area contributed by atoms with E-state index in [0.717, 1.165) is 5.56 Å². The van der Waals surface area contributed by atoms with Crippen molar-refractivity contribution in [3.8, 4) is 0 Å². The van der Waals surface area contributed by atoms with Crippen molar-refractivity contribution in [3.63, 3.8) is 0 Å². The van der Waals surface area contributed by atoms with Gasteiger partial charge in [-0.05, 0) is 42.0 Å². The van der Waals surface area contributed by atoms with E-state index >= 15 is 0 Å². The van der Waals surface area contributed by atoms with Gasteiger partial charge in [0, 0.05) is 43.3 Å². The standard InChI is InChI=1S/C20H20N4O2/c1-23(2)20(26)17-5-3-6-18(13-17)22-19(25)16-9-7-15(8-10-16)14-24-12-4-11-21-24/h3-13H,14H2,1-2H3,(H,22,25). The third kappa shape index (κ3) is 4.16. The summed E-state index contributed by atoms with van der Waals surface area (Å²) in [5.41, 5.74) is 2.73. The van der Waals surface area contributed by atoms with E-state index in [0.29, 0.717) is 23.4 Å². The van der Waals surface area contributed by atoms with Gasteiger partial charge in [0.15, 0.2) is 0 Å². The first kappa shape index (κ1) is 17.4. The first-order chi connectivity index (χ1) is 12.5. The molecule has 0 saturated heterocycles. The van der Waals surface area contributed by atoms with Crippen LogP contribution in [0, 0.1) is 0 Å². The smallest absolute Gasteiger partial charge is 0.255 e. The molecule has 0 aliphatic carbocycles. The van der Waals surface area contributed by atoms with Crippen molar-refractivity contribution in [2.75, 3.05) is 19.4 Å². The number of hydrogen-bond acceptors (Lipinski definition) is 3. The fourth-order valence-corrected chi connectivity index (χ4v) is 2.53. The van der Waals surface area contributed by atoms with E-state index in [-0.39, 0.29) is 11.8 Å². The Morgan fingerprint density at radius 2 is 1.81 bits per heavy atom. The number of anilines is 1. The Kier molecular flexibility index (Phi) is 5.12. The maximum absolute atomic E-state index is 12.4. The van der Waals surface area contributed by atoms with Crippen molar-refractivity contribution >= 4 is 17.5 Å². The largest absolute Gasteiger partial charge is 0.345 e. The molecule has 0 bridgehead atoms. The number of benzene rings is 2. The molecule has 1 N–H and O–H groups in total. The first-order valence-corrected chi connectivity index (χ1v) is 8.22. The van der Waals surface area contributed by atoms with Gasteiger partial charge in [-0.3, -0.25) is 14.3 Å². The fraction of sp³-hybridized carbons (Fsp3) is 0.150. The van der Waals surface area contributed by atoms with Gasteiger partial charge in [0.25, 0.3) is 11.8 Å². The first-order valence-electron chi connectivity index (χ1n) is 8.22. The predicted molar refractivity (Wildman–Crippen MR) is 100 cm³/mol. The van der Waals surface area contributed by atoms with Crippen molar-refractivity contribution in [2.24, 2.45) is 0 Å².